The predicted octanol–water partition coefficient (Wildman–Crippen LogP) is 3.27. The van der Waals surface area contributed by atoms with Gasteiger partial charge in [-0.3, -0.25) is 0 Å². The summed E-state index contributed by atoms with van der Waals surface area (Å²) in [6.07, 6.45) is 4.05. The zero-order valence-corrected chi connectivity index (χ0v) is 13.0. The molecular formula is C18H23NO3. The highest BCUT2D eigenvalue weighted by molar-refractivity contribution is 5.86. The van der Waals surface area contributed by atoms with Gasteiger partial charge in [-0.1, -0.05) is 49.6 Å². The molecule has 2 aliphatic heterocycles. The topological polar surface area (TPSA) is 43.4 Å². The molecule has 1 saturated heterocycles. The number of nitrogens with zero attached hydrogens (tertiary/aromatic N) is 1. The van der Waals surface area contributed by atoms with Gasteiger partial charge in [0, 0.05) is 7.11 Å². The molecule has 22 heavy (non-hydrogen) atoms. The molecule has 2 heterocycles. The molecule has 0 N–H and O–H groups in total. The maximum Gasteiger partial charge on any atom is 0.217 e. The van der Waals surface area contributed by atoms with E-state index < -0.39 is 6.08 Å². The number of hydrogen-bond acceptors (Lipinski definition) is 4. The van der Waals surface area contributed by atoms with Gasteiger partial charge in [0.25, 0.3) is 0 Å². The number of aliphatic imine (C=N–C) groups is 1. The lowest BCUT2D eigenvalue weighted by Crippen LogP contribution is -2.24. The highest BCUT2D eigenvalue weighted by Gasteiger charge is 2.61. The van der Waals surface area contributed by atoms with Crippen molar-refractivity contribution in [1.82, 2.24) is 0 Å². The summed E-state index contributed by atoms with van der Waals surface area (Å²) in [4.78, 5) is 4.68. The lowest BCUT2D eigenvalue weighted by atomic mass is 9.86. The molecule has 0 aromatic heterocycles. The van der Waals surface area contributed by atoms with Crippen molar-refractivity contribution in [2.75, 3.05) is 13.7 Å². The maximum absolute atomic E-state index is 8.74. The van der Waals surface area contributed by atoms with E-state index in [1.165, 1.54) is 6.42 Å². The van der Waals surface area contributed by atoms with E-state index in [9.17, 15) is 0 Å². The van der Waals surface area contributed by atoms with Crippen molar-refractivity contribution >= 4 is 5.90 Å². The maximum atomic E-state index is 8.74. The number of ether oxygens (including phenoxy) is 3. The standard InChI is InChI=1S/C18H23NO3/c1-20-12-14-15(13-8-4-2-5-9-13)21-17(19-14)16-18(22-16)10-6-3-7-11-18/h2,4-5,8-9,14-16H,3,6-7,10-12H2,1H3/t14-,15-,16-/m0/s1/i16D. The second-order valence-corrected chi connectivity index (χ2v) is 6.39. The SMILES string of the molecule is [2H][C@@]1(C2=N[C@@H](COC)[C@H](c3ccccc3)O2)OC12CCCCC2. The fraction of sp³-hybridized carbons (Fsp3) is 0.611. The molecule has 1 aromatic carbocycles. The summed E-state index contributed by atoms with van der Waals surface area (Å²) < 4.78 is 26.1. The number of epoxide rings is 1. The molecule has 1 saturated carbocycles. The van der Waals surface area contributed by atoms with Crippen LogP contribution in [0.2, 0.25) is 0 Å². The Morgan fingerprint density at radius 1 is 1.27 bits per heavy atom. The summed E-state index contributed by atoms with van der Waals surface area (Å²) in [5.41, 5.74) is 0.697. The Morgan fingerprint density at radius 3 is 2.77 bits per heavy atom. The fourth-order valence-electron chi connectivity index (χ4n) is 3.65. The van der Waals surface area contributed by atoms with Gasteiger partial charge >= 0.3 is 0 Å². The highest BCUT2D eigenvalue weighted by Crippen LogP contribution is 2.50. The van der Waals surface area contributed by atoms with E-state index in [0.717, 1.165) is 31.2 Å². The normalized spacial score (nSPS) is 36.6. The first-order chi connectivity index (χ1) is 11.2. The number of rotatable bonds is 4. The van der Waals surface area contributed by atoms with E-state index >= 15 is 0 Å². The largest absolute Gasteiger partial charge is 0.468 e. The van der Waals surface area contributed by atoms with Crippen LogP contribution in [0, 0.1) is 0 Å². The lowest BCUT2D eigenvalue weighted by Gasteiger charge is -2.19. The highest BCUT2D eigenvalue weighted by atomic mass is 16.6. The van der Waals surface area contributed by atoms with Gasteiger partial charge in [0.2, 0.25) is 5.90 Å². The van der Waals surface area contributed by atoms with E-state index in [2.05, 4.69) is 4.99 Å². The molecule has 0 bridgehead atoms. The van der Waals surface area contributed by atoms with E-state index in [4.69, 9.17) is 15.6 Å². The molecule has 0 unspecified atom stereocenters. The molecular weight excluding hydrogens is 278 g/mol. The van der Waals surface area contributed by atoms with Crippen molar-refractivity contribution in [3.8, 4) is 0 Å². The monoisotopic (exact) mass is 302 g/mol. The Kier molecular flexibility index (Phi) is 3.37. The zero-order valence-electron chi connectivity index (χ0n) is 14.0. The van der Waals surface area contributed by atoms with Gasteiger partial charge in [-0.15, -0.1) is 0 Å². The van der Waals surface area contributed by atoms with Crippen LogP contribution in [0.1, 0.15) is 45.1 Å². The molecule has 0 amide bonds. The van der Waals surface area contributed by atoms with Gasteiger partial charge in [-0.25, -0.2) is 4.99 Å². The lowest BCUT2D eigenvalue weighted by molar-refractivity contribution is 0.118. The fourth-order valence-corrected chi connectivity index (χ4v) is 3.65. The minimum atomic E-state index is -1.09. The van der Waals surface area contributed by atoms with Crippen LogP contribution in [-0.4, -0.2) is 37.3 Å². The van der Waals surface area contributed by atoms with Crippen molar-refractivity contribution in [3.05, 3.63) is 35.9 Å². The number of methoxy groups -OCH3 is 1. The molecule has 0 radical (unpaired) electrons. The van der Waals surface area contributed by atoms with Crippen LogP contribution in [0.5, 0.6) is 0 Å². The second kappa shape index (κ2) is 5.67. The third kappa shape index (κ3) is 2.44. The molecule has 1 aromatic rings. The minimum absolute atomic E-state index is 0.121. The quantitative estimate of drug-likeness (QED) is 0.802. The van der Waals surface area contributed by atoms with Crippen LogP contribution in [-0.2, 0) is 14.2 Å². The van der Waals surface area contributed by atoms with E-state index in [1.807, 2.05) is 30.3 Å². The van der Waals surface area contributed by atoms with Crippen LogP contribution in [0.3, 0.4) is 0 Å². The smallest absolute Gasteiger partial charge is 0.217 e. The van der Waals surface area contributed by atoms with E-state index in [1.54, 1.807) is 7.11 Å². The van der Waals surface area contributed by atoms with Crippen LogP contribution in [0.4, 0.5) is 0 Å². The molecule has 4 rings (SSSR count). The van der Waals surface area contributed by atoms with Gasteiger partial charge in [-0.2, -0.15) is 0 Å². The molecule has 1 aliphatic carbocycles. The first-order valence-corrected chi connectivity index (χ1v) is 8.17. The summed E-state index contributed by atoms with van der Waals surface area (Å²) in [5, 5.41) is 0. The molecule has 1 spiro atoms. The Balaban J connectivity index is 1.57. The van der Waals surface area contributed by atoms with Crippen LogP contribution in [0.15, 0.2) is 35.3 Å². The van der Waals surface area contributed by atoms with Gasteiger partial charge in [0.15, 0.2) is 6.08 Å². The molecule has 4 heteroatoms. The van der Waals surface area contributed by atoms with Crippen LogP contribution >= 0.6 is 0 Å². The summed E-state index contributed by atoms with van der Waals surface area (Å²) in [6.45, 7) is 0.478. The first kappa shape index (κ1) is 13.1. The van der Waals surface area contributed by atoms with Crippen LogP contribution in [0.25, 0.3) is 0 Å². The van der Waals surface area contributed by atoms with Crippen molar-refractivity contribution in [2.45, 2.75) is 55.9 Å². The van der Waals surface area contributed by atoms with Crippen molar-refractivity contribution in [1.29, 1.82) is 0 Å². The van der Waals surface area contributed by atoms with Gasteiger partial charge < -0.3 is 14.2 Å². The first-order valence-electron chi connectivity index (χ1n) is 8.67. The molecule has 3 aliphatic rings. The number of benzene rings is 1. The Hall–Kier alpha value is -1.39. The van der Waals surface area contributed by atoms with E-state index in [-0.39, 0.29) is 17.7 Å². The minimum Gasteiger partial charge on any atom is -0.468 e. The third-order valence-electron chi connectivity index (χ3n) is 4.86. The Labute approximate surface area is 132 Å². The summed E-state index contributed by atoms with van der Waals surface area (Å²) in [5.74, 6) is 0.440. The number of hydrogen-bond donors (Lipinski definition) is 0. The van der Waals surface area contributed by atoms with Gasteiger partial charge in [0.05, 0.1) is 7.98 Å². The van der Waals surface area contributed by atoms with Crippen molar-refractivity contribution in [2.24, 2.45) is 4.99 Å². The van der Waals surface area contributed by atoms with Crippen molar-refractivity contribution < 1.29 is 15.6 Å². The van der Waals surface area contributed by atoms with Crippen molar-refractivity contribution in [3.63, 3.8) is 0 Å². The molecule has 4 nitrogen and oxygen atoms in total. The van der Waals surface area contributed by atoms with Gasteiger partial charge in [-0.05, 0) is 18.4 Å². The second-order valence-electron chi connectivity index (χ2n) is 6.39. The van der Waals surface area contributed by atoms with Gasteiger partial charge in [0.1, 0.15) is 17.7 Å². The Bertz CT molecular complexity index is 600. The van der Waals surface area contributed by atoms with Crippen LogP contribution < -0.4 is 0 Å². The summed E-state index contributed by atoms with van der Waals surface area (Å²) >= 11 is 0. The summed E-state index contributed by atoms with van der Waals surface area (Å²) in [6, 6.07) is 9.92. The molecule has 2 fully saturated rings. The van der Waals surface area contributed by atoms with E-state index in [0.29, 0.717) is 12.5 Å². The summed E-state index contributed by atoms with van der Waals surface area (Å²) in [7, 11) is 1.67. The average Bonchev–Trinajstić information content (AvgIpc) is 2.96. The molecule has 3 atom stereocenters. The average molecular weight is 302 g/mol. The predicted molar refractivity (Wildman–Crippen MR) is 84.1 cm³/mol. The third-order valence-corrected chi connectivity index (χ3v) is 4.86. The Morgan fingerprint density at radius 2 is 2.05 bits per heavy atom. The molecule has 118 valence electrons. The zero-order chi connectivity index (χ0) is 15.9.